The number of likely N-dealkylation sites (tertiary alicyclic amines) is 1. The monoisotopic (exact) mass is 289 g/mol. The van der Waals surface area contributed by atoms with E-state index in [1.54, 1.807) is 0 Å². The highest BCUT2D eigenvalue weighted by atomic mass is 16.5. The third kappa shape index (κ3) is 2.98. The van der Waals surface area contributed by atoms with Crippen LogP contribution in [0.5, 0.6) is 0 Å². The van der Waals surface area contributed by atoms with Crippen LogP contribution in [0.2, 0.25) is 0 Å². The second kappa shape index (κ2) is 5.13. The van der Waals surface area contributed by atoms with E-state index in [9.17, 15) is 4.79 Å². The Kier molecular flexibility index (Phi) is 3.25. The van der Waals surface area contributed by atoms with E-state index in [2.05, 4.69) is 22.3 Å². The summed E-state index contributed by atoms with van der Waals surface area (Å²) in [6.45, 7) is 5.48. The van der Waals surface area contributed by atoms with Crippen molar-refractivity contribution in [2.75, 3.05) is 19.6 Å². The fraction of sp³-hybridized carbons (Fsp3) is 0.750. The van der Waals surface area contributed by atoms with Gasteiger partial charge in [-0.2, -0.15) is 0 Å². The Bertz CT molecular complexity index is 533. The molecule has 5 nitrogen and oxygen atoms in total. The van der Waals surface area contributed by atoms with Gasteiger partial charge in [0.2, 0.25) is 0 Å². The van der Waals surface area contributed by atoms with Crippen LogP contribution in [0.3, 0.4) is 0 Å². The molecule has 2 atom stereocenters. The summed E-state index contributed by atoms with van der Waals surface area (Å²) in [7, 11) is 0. The number of hydrogen-bond acceptors (Lipinski definition) is 4. The van der Waals surface area contributed by atoms with E-state index in [1.807, 2.05) is 6.07 Å². The number of amides is 1. The van der Waals surface area contributed by atoms with Gasteiger partial charge in [-0.25, -0.2) is 0 Å². The van der Waals surface area contributed by atoms with Gasteiger partial charge in [-0.05, 0) is 37.5 Å². The summed E-state index contributed by atoms with van der Waals surface area (Å²) in [5.41, 5.74) is 0.435. The zero-order valence-corrected chi connectivity index (χ0v) is 12.5. The topological polar surface area (TPSA) is 58.4 Å². The molecule has 2 saturated carbocycles. The van der Waals surface area contributed by atoms with E-state index in [0.29, 0.717) is 17.5 Å². The van der Waals surface area contributed by atoms with Gasteiger partial charge in [0.25, 0.3) is 5.91 Å². The zero-order valence-electron chi connectivity index (χ0n) is 12.5. The van der Waals surface area contributed by atoms with Gasteiger partial charge < -0.3 is 14.7 Å². The maximum Gasteiger partial charge on any atom is 0.273 e. The minimum absolute atomic E-state index is 0.0872. The summed E-state index contributed by atoms with van der Waals surface area (Å²) in [4.78, 5) is 14.8. The van der Waals surface area contributed by atoms with Crippen molar-refractivity contribution in [2.45, 2.75) is 44.6 Å². The van der Waals surface area contributed by atoms with Crippen molar-refractivity contribution < 1.29 is 9.32 Å². The van der Waals surface area contributed by atoms with Gasteiger partial charge in [0, 0.05) is 37.7 Å². The number of rotatable bonds is 5. The maximum atomic E-state index is 12.3. The van der Waals surface area contributed by atoms with Crippen molar-refractivity contribution in [3.05, 3.63) is 17.5 Å². The van der Waals surface area contributed by atoms with Crippen LogP contribution in [0.25, 0.3) is 0 Å². The third-order valence-electron chi connectivity index (χ3n) is 4.96. The van der Waals surface area contributed by atoms with E-state index in [0.717, 1.165) is 37.6 Å². The van der Waals surface area contributed by atoms with E-state index < -0.39 is 0 Å². The molecule has 2 heterocycles. The Morgan fingerprint density at radius 2 is 2.19 bits per heavy atom. The Labute approximate surface area is 125 Å². The van der Waals surface area contributed by atoms with Crippen molar-refractivity contribution in [3.8, 4) is 0 Å². The molecule has 0 bridgehead atoms. The molecule has 1 amide bonds. The molecule has 5 heteroatoms. The second-order valence-electron chi connectivity index (χ2n) is 7.11. The first kappa shape index (κ1) is 13.3. The molecule has 1 saturated heterocycles. The van der Waals surface area contributed by atoms with Gasteiger partial charge in [0.15, 0.2) is 5.69 Å². The first-order chi connectivity index (χ1) is 10.2. The minimum Gasteiger partial charge on any atom is -0.360 e. The van der Waals surface area contributed by atoms with E-state index in [4.69, 9.17) is 4.52 Å². The molecule has 114 valence electrons. The van der Waals surface area contributed by atoms with E-state index >= 15 is 0 Å². The van der Waals surface area contributed by atoms with Gasteiger partial charge in [0.1, 0.15) is 5.76 Å². The van der Waals surface area contributed by atoms with Crippen molar-refractivity contribution in [1.82, 2.24) is 15.4 Å². The normalized spacial score (nSPS) is 29.8. The van der Waals surface area contributed by atoms with E-state index in [1.165, 1.54) is 19.4 Å². The SMILES string of the molecule is C[C@H]1CN(CC2CC2)C[C@H]1NC(=O)c1cc(C2CC2)on1. The average molecular weight is 289 g/mol. The Hall–Kier alpha value is -1.36. The largest absolute Gasteiger partial charge is 0.360 e. The molecule has 1 aromatic heterocycles. The summed E-state index contributed by atoms with van der Waals surface area (Å²) in [6, 6.07) is 2.05. The summed E-state index contributed by atoms with van der Waals surface area (Å²) in [5, 5.41) is 7.06. The van der Waals surface area contributed by atoms with Crippen LogP contribution >= 0.6 is 0 Å². The molecule has 21 heavy (non-hydrogen) atoms. The van der Waals surface area contributed by atoms with Gasteiger partial charge in [-0.1, -0.05) is 12.1 Å². The molecule has 0 spiro atoms. The molecular formula is C16H23N3O2. The quantitative estimate of drug-likeness (QED) is 0.901. The lowest BCUT2D eigenvalue weighted by atomic mass is 10.1. The predicted octanol–water partition coefficient (Wildman–Crippen LogP) is 2.01. The first-order valence-corrected chi connectivity index (χ1v) is 8.19. The van der Waals surface area contributed by atoms with Gasteiger partial charge in [-0.3, -0.25) is 4.79 Å². The summed E-state index contributed by atoms with van der Waals surface area (Å²) in [6.07, 6.45) is 5.08. The number of nitrogens with one attached hydrogen (secondary N) is 1. The van der Waals surface area contributed by atoms with Gasteiger partial charge in [0.05, 0.1) is 0 Å². The molecule has 3 aliphatic rings. The van der Waals surface area contributed by atoms with Crippen LogP contribution in [0.4, 0.5) is 0 Å². The maximum absolute atomic E-state index is 12.3. The number of nitrogens with zero attached hydrogens (tertiary/aromatic N) is 2. The molecule has 1 aliphatic heterocycles. The highest BCUT2D eigenvalue weighted by Gasteiger charge is 2.35. The van der Waals surface area contributed by atoms with Crippen LogP contribution in [0, 0.1) is 11.8 Å². The second-order valence-corrected chi connectivity index (χ2v) is 7.11. The minimum atomic E-state index is -0.0872. The highest BCUT2D eigenvalue weighted by Crippen LogP contribution is 2.40. The van der Waals surface area contributed by atoms with Crippen LogP contribution in [0.15, 0.2) is 10.6 Å². The smallest absolute Gasteiger partial charge is 0.273 e. The Morgan fingerprint density at radius 3 is 2.90 bits per heavy atom. The first-order valence-electron chi connectivity index (χ1n) is 8.19. The van der Waals surface area contributed by atoms with Crippen molar-refractivity contribution in [1.29, 1.82) is 0 Å². The summed E-state index contributed by atoms with van der Waals surface area (Å²) in [5.74, 6) is 2.69. The lowest BCUT2D eigenvalue weighted by Gasteiger charge is -2.16. The molecule has 4 rings (SSSR count). The van der Waals surface area contributed by atoms with Crippen molar-refractivity contribution >= 4 is 5.91 Å². The average Bonchev–Trinajstić information content (AvgIpc) is 3.37. The highest BCUT2D eigenvalue weighted by molar-refractivity contribution is 5.92. The molecule has 2 aliphatic carbocycles. The van der Waals surface area contributed by atoms with Gasteiger partial charge >= 0.3 is 0 Å². The summed E-state index contributed by atoms with van der Waals surface area (Å²) >= 11 is 0. The Morgan fingerprint density at radius 1 is 1.38 bits per heavy atom. The standard InChI is InChI=1S/C16H23N3O2/c1-10-7-19(8-11-2-3-11)9-14(10)17-16(20)13-6-15(21-18-13)12-4-5-12/h6,10-12,14H,2-5,7-9H2,1H3,(H,17,20)/t10-,14+/m0/s1. The number of carbonyl (C=O) groups excluding carboxylic acids is 1. The van der Waals surface area contributed by atoms with Crippen LogP contribution in [-0.2, 0) is 0 Å². The van der Waals surface area contributed by atoms with Crippen LogP contribution in [0.1, 0.15) is 54.8 Å². The van der Waals surface area contributed by atoms with Crippen LogP contribution < -0.4 is 5.32 Å². The fourth-order valence-electron chi connectivity index (χ4n) is 3.27. The van der Waals surface area contributed by atoms with Gasteiger partial charge in [-0.15, -0.1) is 0 Å². The molecular weight excluding hydrogens is 266 g/mol. The lowest BCUT2D eigenvalue weighted by molar-refractivity contribution is 0.0922. The molecule has 1 N–H and O–H groups in total. The Balaban J connectivity index is 1.34. The predicted molar refractivity (Wildman–Crippen MR) is 78.1 cm³/mol. The molecule has 0 aromatic carbocycles. The number of carbonyl (C=O) groups is 1. The molecule has 0 unspecified atom stereocenters. The van der Waals surface area contributed by atoms with E-state index in [-0.39, 0.29) is 11.9 Å². The fourth-order valence-corrected chi connectivity index (χ4v) is 3.27. The number of hydrogen-bond donors (Lipinski definition) is 1. The summed E-state index contributed by atoms with van der Waals surface area (Å²) < 4.78 is 5.26. The molecule has 1 aromatic rings. The number of aromatic nitrogens is 1. The lowest BCUT2D eigenvalue weighted by Crippen LogP contribution is -2.40. The molecule has 0 radical (unpaired) electrons. The molecule has 3 fully saturated rings. The van der Waals surface area contributed by atoms with Crippen LogP contribution in [-0.4, -0.2) is 41.6 Å². The van der Waals surface area contributed by atoms with Crippen molar-refractivity contribution in [3.63, 3.8) is 0 Å². The third-order valence-corrected chi connectivity index (χ3v) is 4.96. The zero-order chi connectivity index (χ0) is 14.4. The van der Waals surface area contributed by atoms with Crippen molar-refractivity contribution in [2.24, 2.45) is 11.8 Å².